The number of nitrogens with zero attached hydrogens (tertiary/aromatic N) is 1. The summed E-state index contributed by atoms with van der Waals surface area (Å²) in [6.45, 7) is 3.89. The fourth-order valence-electron chi connectivity index (χ4n) is 3.04. The summed E-state index contributed by atoms with van der Waals surface area (Å²) in [6.07, 6.45) is 1.97. The molecule has 23 heavy (non-hydrogen) atoms. The highest BCUT2D eigenvalue weighted by Gasteiger charge is 2.23. The molecule has 0 aromatic heterocycles. The second-order valence-electron chi connectivity index (χ2n) is 6.08. The van der Waals surface area contributed by atoms with Gasteiger partial charge in [-0.15, -0.1) is 0 Å². The third kappa shape index (κ3) is 4.91. The van der Waals surface area contributed by atoms with Crippen molar-refractivity contribution in [2.45, 2.75) is 38.3 Å². The van der Waals surface area contributed by atoms with Crippen LogP contribution in [0.15, 0.2) is 18.2 Å². The molecule has 2 rings (SSSR count). The van der Waals surface area contributed by atoms with Gasteiger partial charge in [0, 0.05) is 38.5 Å². The monoisotopic (exact) mass is 323 g/mol. The van der Waals surface area contributed by atoms with Crippen LogP contribution in [-0.4, -0.2) is 44.8 Å². The highest BCUT2D eigenvalue weighted by molar-refractivity contribution is 5.77. The molecule has 2 unspecified atom stereocenters. The summed E-state index contributed by atoms with van der Waals surface area (Å²) < 4.78 is 18.4. The summed E-state index contributed by atoms with van der Waals surface area (Å²) in [5.74, 6) is -0.259. The number of halogens is 1. The second-order valence-corrected chi connectivity index (χ2v) is 6.08. The lowest BCUT2D eigenvalue weighted by Gasteiger charge is -2.35. The van der Waals surface area contributed by atoms with Crippen LogP contribution in [0, 0.1) is 12.7 Å². The molecule has 0 radical (unpaired) electrons. The van der Waals surface area contributed by atoms with E-state index in [0.29, 0.717) is 6.54 Å². The first-order chi connectivity index (χ1) is 11.0. The van der Waals surface area contributed by atoms with Crippen molar-refractivity contribution in [1.29, 1.82) is 0 Å². The lowest BCUT2D eigenvalue weighted by molar-refractivity contribution is -0.124. The maximum Gasteiger partial charge on any atom is 0.222 e. The molecule has 6 heteroatoms. The summed E-state index contributed by atoms with van der Waals surface area (Å²) in [6, 6.07) is 4.93. The van der Waals surface area contributed by atoms with Crippen LogP contribution in [0.5, 0.6) is 0 Å². The van der Waals surface area contributed by atoms with Crippen LogP contribution in [0.1, 0.15) is 24.8 Å². The lowest BCUT2D eigenvalue weighted by atomic mass is 10.0. The number of anilines is 1. The van der Waals surface area contributed by atoms with E-state index >= 15 is 0 Å². The second kappa shape index (κ2) is 8.26. The molecule has 1 aliphatic heterocycles. The standard InChI is InChI=1S/C17H26FN3O2/c1-12-8-13(18)5-6-16(12)21-7-3-4-14(11-21)20-17(22)9-15(10-19)23-2/h5-6,8,14-15H,3-4,7,9-11,19H2,1-2H3,(H,20,22). The number of ether oxygens (including phenoxy) is 1. The van der Waals surface area contributed by atoms with Gasteiger partial charge >= 0.3 is 0 Å². The van der Waals surface area contributed by atoms with Gasteiger partial charge in [-0.3, -0.25) is 4.79 Å². The van der Waals surface area contributed by atoms with Gasteiger partial charge in [0.15, 0.2) is 0 Å². The Morgan fingerprint density at radius 1 is 1.57 bits per heavy atom. The van der Waals surface area contributed by atoms with E-state index in [-0.39, 0.29) is 30.3 Å². The molecule has 0 spiro atoms. The van der Waals surface area contributed by atoms with Crippen molar-refractivity contribution in [1.82, 2.24) is 5.32 Å². The van der Waals surface area contributed by atoms with Gasteiger partial charge in [0.2, 0.25) is 5.91 Å². The SMILES string of the molecule is COC(CN)CC(=O)NC1CCCN(c2ccc(F)cc2C)C1. The molecule has 0 aliphatic carbocycles. The molecule has 2 atom stereocenters. The summed E-state index contributed by atoms with van der Waals surface area (Å²) in [5.41, 5.74) is 7.49. The third-order valence-corrected chi connectivity index (χ3v) is 4.30. The molecule has 1 amide bonds. The molecular formula is C17H26FN3O2. The van der Waals surface area contributed by atoms with Gasteiger partial charge in [-0.25, -0.2) is 4.39 Å². The number of carbonyl (C=O) groups is 1. The van der Waals surface area contributed by atoms with Crippen LogP contribution in [0.25, 0.3) is 0 Å². The zero-order chi connectivity index (χ0) is 16.8. The van der Waals surface area contributed by atoms with E-state index in [1.54, 1.807) is 13.2 Å². The number of nitrogens with one attached hydrogen (secondary N) is 1. The van der Waals surface area contributed by atoms with Crippen molar-refractivity contribution in [3.63, 3.8) is 0 Å². The minimum absolute atomic E-state index is 0.0371. The molecular weight excluding hydrogens is 297 g/mol. The maximum absolute atomic E-state index is 13.3. The average molecular weight is 323 g/mol. The smallest absolute Gasteiger partial charge is 0.222 e. The predicted molar refractivity (Wildman–Crippen MR) is 89.0 cm³/mol. The molecule has 3 N–H and O–H groups in total. The Morgan fingerprint density at radius 3 is 3.00 bits per heavy atom. The van der Waals surface area contributed by atoms with E-state index in [2.05, 4.69) is 10.2 Å². The summed E-state index contributed by atoms with van der Waals surface area (Å²) in [5, 5.41) is 3.06. The fraction of sp³-hybridized carbons (Fsp3) is 0.588. The van der Waals surface area contributed by atoms with Crippen molar-refractivity contribution in [3.05, 3.63) is 29.6 Å². The van der Waals surface area contributed by atoms with Gasteiger partial charge in [-0.2, -0.15) is 0 Å². The number of hydrogen-bond acceptors (Lipinski definition) is 4. The first-order valence-electron chi connectivity index (χ1n) is 8.06. The van der Waals surface area contributed by atoms with E-state index in [4.69, 9.17) is 10.5 Å². The lowest BCUT2D eigenvalue weighted by Crippen LogP contribution is -2.48. The summed E-state index contributed by atoms with van der Waals surface area (Å²) in [7, 11) is 1.56. The Morgan fingerprint density at radius 2 is 2.35 bits per heavy atom. The number of nitrogens with two attached hydrogens (primary N) is 1. The number of amides is 1. The van der Waals surface area contributed by atoms with Gasteiger partial charge < -0.3 is 20.7 Å². The fourth-order valence-corrected chi connectivity index (χ4v) is 3.04. The van der Waals surface area contributed by atoms with E-state index in [1.807, 2.05) is 13.0 Å². The van der Waals surface area contributed by atoms with E-state index in [1.165, 1.54) is 6.07 Å². The average Bonchev–Trinajstić information content (AvgIpc) is 2.52. The van der Waals surface area contributed by atoms with Crippen LogP contribution in [0.3, 0.4) is 0 Å². The maximum atomic E-state index is 13.3. The number of aryl methyl sites for hydroxylation is 1. The minimum atomic E-state index is -0.242. The quantitative estimate of drug-likeness (QED) is 0.834. The molecule has 1 aromatic rings. The van der Waals surface area contributed by atoms with E-state index in [0.717, 1.165) is 37.2 Å². The summed E-state index contributed by atoms with van der Waals surface area (Å²) >= 11 is 0. The number of carbonyl (C=O) groups excluding carboxylic acids is 1. The Labute approximate surface area is 137 Å². The van der Waals surface area contributed by atoms with Crippen molar-refractivity contribution in [2.75, 3.05) is 31.6 Å². The van der Waals surface area contributed by atoms with Crippen LogP contribution < -0.4 is 16.0 Å². The number of benzene rings is 1. The molecule has 1 aliphatic rings. The molecule has 0 saturated carbocycles. The van der Waals surface area contributed by atoms with Gasteiger partial charge in [0.1, 0.15) is 5.82 Å². The number of rotatable bonds is 6. The first kappa shape index (κ1) is 17.7. The van der Waals surface area contributed by atoms with Gasteiger partial charge in [-0.1, -0.05) is 0 Å². The number of hydrogen-bond donors (Lipinski definition) is 2. The Balaban J connectivity index is 1.94. The van der Waals surface area contributed by atoms with Crippen LogP contribution in [0.4, 0.5) is 10.1 Å². The highest BCUT2D eigenvalue weighted by Crippen LogP contribution is 2.24. The largest absolute Gasteiger partial charge is 0.380 e. The van der Waals surface area contributed by atoms with Crippen molar-refractivity contribution in [2.24, 2.45) is 5.73 Å². The Bertz CT molecular complexity index is 535. The van der Waals surface area contributed by atoms with E-state index in [9.17, 15) is 9.18 Å². The van der Waals surface area contributed by atoms with Crippen LogP contribution in [-0.2, 0) is 9.53 Å². The van der Waals surface area contributed by atoms with Crippen molar-refractivity contribution < 1.29 is 13.9 Å². The molecule has 5 nitrogen and oxygen atoms in total. The van der Waals surface area contributed by atoms with E-state index < -0.39 is 0 Å². The molecule has 0 bridgehead atoms. The Kier molecular flexibility index (Phi) is 6.36. The normalized spacial score (nSPS) is 19.5. The zero-order valence-electron chi connectivity index (χ0n) is 13.8. The van der Waals surface area contributed by atoms with Crippen LogP contribution >= 0.6 is 0 Å². The Hall–Kier alpha value is -1.66. The minimum Gasteiger partial charge on any atom is -0.380 e. The third-order valence-electron chi connectivity index (χ3n) is 4.30. The molecule has 1 aromatic carbocycles. The highest BCUT2D eigenvalue weighted by atomic mass is 19.1. The predicted octanol–water partition coefficient (Wildman–Crippen LogP) is 1.58. The topological polar surface area (TPSA) is 67.6 Å². The number of methoxy groups -OCH3 is 1. The van der Waals surface area contributed by atoms with Gasteiger partial charge in [-0.05, 0) is 43.5 Å². The van der Waals surface area contributed by atoms with Crippen LogP contribution in [0.2, 0.25) is 0 Å². The zero-order valence-corrected chi connectivity index (χ0v) is 13.8. The first-order valence-corrected chi connectivity index (χ1v) is 8.06. The van der Waals surface area contributed by atoms with Crippen molar-refractivity contribution >= 4 is 11.6 Å². The summed E-state index contributed by atoms with van der Waals surface area (Å²) in [4.78, 5) is 14.3. The molecule has 1 saturated heterocycles. The number of piperidine rings is 1. The van der Waals surface area contributed by atoms with Crippen molar-refractivity contribution in [3.8, 4) is 0 Å². The molecule has 1 fully saturated rings. The van der Waals surface area contributed by atoms with Gasteiger partial charge in [0.25, 0.3) is 0 Å². The molecule has 1 heterocycles. The molecule has 128 valence electrons. The van der Waals surface area contributed by atoms with Gasteiger partial charge in [0.05, 0.1) is 12.5 Å².